The van der Waals surface area contributed by atoms with Gasteiger partial charge in [0.1, 0.15) is 18.3 Å². The number of hydrogen-bond donors (Lipinski definition) is 4. The minimum Gasteiger partial charge on any atom is -0.387 e. The minimum atomic E-state index is -1.29. The summed E-state index contributed by atoms with van der Waals surface area (Å²) in [5.74, 6) is 0. The van der Waals surface area contributed by atoms with Crippen molar-refractivity contribution in [1.82, 2.24) is 24.6 Å². The van der Waals surface area contributed by atoms with Crippen molar-refractivity contribution in [3.8, 4) is 5.69 Å². The van der Waals surface area contributed by atoms with E-state index >= 15 is 0 Å². The van der Waals surface area contributed by atoms with E-state index in [2.05, 4.69) is 15.4 Å². The van der Waals surface area contributed by atoms with E-state index in [0.717, 1.165) is 21.9 Å². The third-order valence-electron chi connectivity index (χ3n) is 4.84. The molecule has 1 aliphatic heterocycles. The SMILES string of the molecule is O=c1ccn([C@@H]2O[C@H](CNCc3ccc(-n4cccn4)cc3)[C@@H](O)[C@H]2O)c(=O)[nH]1. The number of nitrogens with one attached hydrogen (secondary N) is 2. The first-order valence-electron chi connectivity index (χ1n) is 9.16. The number of aliphatic hydroxyl groups excluding tert-OH is 2. The van der Waals surface area contributed by atoms with Gasteiger partial charge in [0.25, 0.3) is 5.56 Å². The Hall–Kier alpha value is -3.05. The second-order valence-electron chi connectivity index (χ2n) is 6.81. The van der Waals surface area contributed by atoms with Crippen LogP contribution in [-0.4, -0.2) is 54.4 Å². The van der Waals surface area contributed by atoms with Gasteiger partial charge in [-0.1, -0.05) is 12.1 Å². The molecule has 4 rings (SSSR count). The van der Waals surface area contributed by atoms with Gasteiger partial charge in [0.15, 0.2) is 6.23 Å². The zero-order valence-electron chi connectivity index (χ0n) is 15.4. The molecule has 10 heteroatoms. The number of benzene rings is 1. The monoisotopic (exact) mass is 399 g/mol. The molecule has 4 atom stereocenters. The molecule has 29 heavy (non-hydrogen) atoms. The molecule has 2 aromatic heterocycles. The molecule has 0 aliphatic carbocycles. The number of aromatic nitrogens is 4. The van der Waals surface area contributed by atoms with Crippen molar-refractivity contribution in [3.05, 3.63) is 81.4 Å². The van der Waals surface area contributed by atoms with E-state index in [-0.39, 0.29) is 6.54 Å². The number of H-pyrrole nitrogens is 1. The van der Waals surface area contributed by atoms with E-state index in [1.54, 1.807) is 10.9 Å². The molecule has 1 aliphatic rings. The van der Waals surface area contributed by atoms with Gasteiger partial charge in [0, 0.05) is 37.7 Å². The smallest absolute Gasteiger partial charge is 0.330 e. The zero-order valence-corrected chi connectivity index (χ0v) is 15.4. The molecule has 4 N–H and O–H groups in total. The van der Waals surface area contributed by atoms with Crippen molar-refractivity contribution < 1.29 is 14.9 Å². The van der Waals surface area contributed by atoms with Crippen molar-refractivity contribution in [2.24, 2.45) is 0 Å². The summed E-state index contributed by atoms with van der Waals surface area (Å²) in [6.07, 6.45) is 0.560. The summed E-state index contributed by atoms with van der Waals surface area (Å²) in [6.45, 7) is 0.805. The Morgan fingerprint density at radius 1 is 1.10 bits per heavy atom. The van der Waals surface area contributed by atoms with Gasteiger partial charge in [-0.15, -0.1) is 0 Å². The first-order valence-corrected chi connectivity index (χ1v) is 9.16. The van der Waals surface area contributed by atoms with E-state index < -0.39 is 35.8 Å². The molecule has 1 saturated heterocycles. The standard InChI is InChI=1S/C19H21N5O5/c25-15-6-9-23(19(28)22-15)18-17(27)16(26)14(29-18)11-20-10-12-2-4-13(5-3-12)24-8-1-7-21-24/h1-9,14,16-18,20,26-27H,10-11H2,(H,22,25,28)/t14-,16-,17-,18-/m1/s1. The van der Waals surface area contributed by atoms with Crippen molar-refractivity contribution in [3.63, 3.8) is 0 Å². The second-order valence-corrected chi connectivity index (χ2v) is 6.81. The number of hydrogen-bond acceptors (Lipinski definition) is 7. The Kier molecular flexibility index (Phi) is 5.41. The van der Waals surface area contributed by atoms with Crippen LogP contribution in [0.3, 0.4) is 0 Å². The second kappa shape index (κ2) is 8.13. The third kappa shape index (κ3) is 4.05. The van der Waals surface area contributed by atoms with Gasteiger partial charge in [-0.2, -0.15) is 5.10 Å². The summed E-state index contributed by atoms with van der Waals surface area (Å²) >= 11 is 0. The van der Waals surface area contributed by atoms with Gasteiger partial charge in [-0.25, -0.2) is 9.48 Å². The average Bonchev–Trinajstić information content (AvgIpc) is 3.34. The normalized spacial score (nSPS) is 24.1. The Morgan fingerprint density at radius 3 is 2.59 bits per heavy atom. The molecular weight excluding hydrogens is 378 g/mol. The van der Waals surface area contributed by atoms with Crippen LogP contribution in [-0.2, 0) is 11.3 Å². The molecule has 0 bridgehead atoms. The Balaban J connectivity index is 1.35. The van der Waals surface area contributed by atoms with Gasteiger partial charge in [-0.3, -0.25) is 14.3 Å². The van der Waals surface area contributed by atoms with E-state index in [1.807, 2.05) is 36.5 Å². The number of ether oxygens (including phenoxy) is 1. The summed E-state index contributed by atoms with van der Waals surface area (Å²) in [4.78, 5) is 25.2. The van der Waals surface area contributed by atoms with Crippen LogP contribution >= 0.6 is 0 Å². The van der Waals surface area contributed by atoms with Crippen molar-refractivity contribution in [1.29, 1.82) is 0 Å². The molecule has 1 fully saturated rings. The lowest BCUT2D eigenvalue weighted by molar-refractivity contribution is -0.0392. The van der Waals surface area contributed by atoms with E-state index in [4.69, 9.17) is 4.74 Å². The molecular formula is C19H21N5O5. The van der Waals surface area contributed by atoms with Gasteiger partial charge < -0.3 is 20.3 Å². The Bertz CT molecular complexity index is 1060. The Morgan fingerprint density at radius 2 is 1.90 bits per heavy atom. The first-order chi connectivity index (χ1) is 14.0. The van der Waals surface area contributed by atoms with Crippen LogP contribution in [0.2, 0.25) is 0 Å². The predicted octanol–water partition coefficient (Wildman–Crippen LogP) is -0.869. The highest BCUT2D eigenvalue weighted by molar-refractivity contribution is 5.33. The molecule has 1 aromatic carbocycles. The molecule has 0 radical (unpaired) electrons. The van der Waals surface area contributed by atoms with Crippen LogP contribution in [0.25, 0.3) is 5.69 Å². The highest BCUT2D eigenvalue weighted by Gasteiger charge is 2.43. The molecule has 0 amide bonds. The zero-order chi connectivity index (χ0) is 20.4. The molecule has 0 spiro atoms. The van der Waals surface area contributed by atoms with Gasteiger partial charge in [0.2, 0.25) is 0 Å². The quantitative estimate of drug-likeness (QED) is 0.423. The fraction of sp³-hybridized carbons (Fsp3) is 0.316. The number of nitrogens with zero attached hydrogens (tertiary/aromatic N) is 3. The van der Waals surface area contributed by atoms with Crippen LogP contribution in [0.5, 0.6) is 0 Å². The number of aromatic amines is 1. The maximum atomic E-state index is 11.9. The summed E-state index contributed by atoms with van der Waals surface area (Å²) in [7, 11) is 0. The van der Waals surface area contributed by atoms with Gasteiger partial charge in [0.05, 0.1) is 5.69 Å². The maximum absolute atomic E-state index is 11.9. The maximum Gasteiger partial charge on any atom is 0.330 e. The summed E-state index contributed by atoms with van der Waals surface area (Å²) < 4.78 is 8.49. The molecule has 3 heterocycles. The summed E-state index contributed by atoms with van der Waals surface area (Å²) in [5, 5.41) is 27.9. The van der Waals surface area contributed by atoms with Gasteiger partial charge in [-0.05, 0) is 23.8 Å². The van der Waals surface area contributed by atoms with E-state index in [0.29, 0.717) is 6.54 Å². The molecule has 3 aromatic rings. The molecule has 0 saturated carbocycles. The van der Waals surface area contributed by atoms with Crippen LogP contribution < -0.4 is 16.6 Å². The number of rotatable bonds is 6. The first kappa shape index (κ1) is 19.3. The lowest BCUT2D eigenvalue weighted by Crippen LogP contribution is -2.38. The van der Waals surface area contributed by atoms with Crippen LogP contribution in [0, 0.1) is 0 Å². The fourth-order valence-corrected chi connectivity index (χ4v) is 3.30. The largest absolute Gasteiger partial charge is 0.387 e. The lowest BCUT2D eigenvalue weighted by atomic mass is 10.1. The van der Waals surface area contributed by atoms with Crippen LogP contribution in [0.1, 0.15) is 11.8 Å². The summed E-state index contributed by atoms with van der Waals surface area (Å²) in [6, 6.07) is 10.8. The average molecular weight is 399 g/mol. The molecule has 10 nitrogen and oxygen atoms in total. The number of aliphatic hydroxyl groups is 2. The highest BCUT2D eigenvalue weighted by Crippen LogP contribution is 2.27. The van der Waals surface area contributed by atoms with Gasteiger partial charge >= 0.3 is 5.69 Å². The molecule has 152 valence electrons. The van der Waals surface area contributed by atoms with Crippen molar-refractivity contribution in [2.45, 2.75) is 31.1 Å². The topological polar surface area (TPSA) is 134 Å². The third-order valence-corrected chi connectivity index (χ3v) is 4.84. The van der Waals surface area contributed by atoms with Crippen LogP contribution in [0.4, 0.5) is 0 Å². The van der Waals surface area contributed by atoms with Crippen LogP contribution in [0.15, 0.2) is 64.6 Å². The highest BCUT2D eigenvalue weighted by atomic mass is 16.6. The van der Waals surface area contributed by atoms with E-state index in [9.17, 15) is 19.8 Å². The predicted molar refractivity (Wildman–Crippen MR) is 103 cm³/mol. The molecule has 0 unspecified atom stereocenters. The Labute approximate surface area is 165 Å². The minimum absolute atomic E-state index is 0.272. The lowest BCUT2D eigenvalue weighted by Gasteiger charge is -2.16. The van der Waals surface area contributed by atoms with Crippen molar-refractivity contribution >= 4 is 0 Å². The summed E-state index contributed by atoms with van der Waals surface area (Å²) in [5.41, 5.74) is 0.726. The fourth-order valence-electron chi connectivity index (χ4n) is 3.30. The van der Waals surface area contributed by atoms with E-state index in [1.165, 1.54) is 6.20 Å². The van der Waals surface area contributed by atoms with Crippen molar-refractivity contribution in [2.75, 3.05) is 6.54 Å².